The van der Waals surface area contributed by atoms with Crippen molar-refractivity contribution < 1.29 is 13.2 Å². The molecular formula is C17H14BrNO3S. The van der Waals surface area contributed by atoms with E-state index in [1.165, 1.54) is 25.3 Å². The highest BCUT2D eigenvalue weighted by Crippen LogP contribution is 2.28. The summed E-state index contributed by atoms with van der Waals surface area (Å²) in [5, 5.41) is 9.32. The molecule has 0 aromatic heterocycles. The van der Waals surface area contributed by atoms with E-state index in [4.69, 9.17) is 4.74 Å². The van der Waals surface area contributed by atoms with Crippen molar-refractivity contribution >= 4 is 31.8 Å². The summed E-state index contributed by atoms with van der Waals surface area (Å²) in [5.74, 6) is 0.486. The lowest BCUT2D eigenvalue weighted by Crippen LogP contribution is -2.03. The zero-order valence-corrected chi connectivity index (χ0v) is 15.0. The van der Waals surface area contributed by atoms with Gasteiger partial charge in [0.25, 0.3) is 0 Å². The van der Waals surface area contributed by atoms with Crippen molar-refractivity contribution in [1.29, 1.82) is 5.26 Å². The molecule has 0 unspecified atom stereocenters. The molecule has 0 aliphatic rings. The summed E-state index contributed by atoms with van der Waals surface area (Å²) in [7, 11) is -2.39. The van der Waals surface area contributed by atoms with Crippen LogP contribution in [0.25, 0.3) is 6.08 Å². The Morgan fingerprint density at radius 2 is 1.87 bits per heavy atom. The van der Waals surface area contributed by atoms with Crippen molar-refractivity contribution in [1.82, 2.24) is 0 Å². The standard InChI is InChI=1S/C17H14BrNO3S/c1-12-3-6-15(7-4-12)23(20,21)16(11-19)10-13-9-14(18)5-8-17(13)22-2/h3-10H,1-2H3. The van der Waals surface area contributed by atoms with Gasteiger partial charge >= 0.3 is 0 Å². The highest BCUT2D eigenvalue weighted by atomic mass is 79.9. The van der Waals surface area contributed by atoms with Crippen LogP contribution in [0.15, 0.2) is 56.7 Å². The second-order valence-electron chi connectivity index (χ2n) is 4.82. The predicted molar refractivity (Wildman–Crippen MR) is 92.6 cm³/mol. The summed E-state index contributed by atoms with van der Waals surface area (Å²) in [4.78, 5) is -0.248. The van der Waals surface area contributed by atoms with E-state index in [1.807, 2.05) is 6.92 Å². The Morgan fingerprint density at radius 3 is 2.43 bits per heavy atom. The Bertz CT molecular complexity index is 894. The first-order valence-electron chi connectivity index (χ1n) is 6.65. The molecule has 23 heavy (non-hydrogen) atoms. The third-order valence-electron chi connectivity index (χ3n) is 3.21. The van der Waals surface area contributed by atoms with Gasteiger partial charge in [0.1, 0.15) is 16.7 Å². The molecule has 6 heteroatoms. The number of rotatable bonds is 4. The Kier molecular flexibility index (Phi) is 5.24. The number of nitrogens with zero attached hydrogens (tertiary/aromatic N) is 1. The largest absolute Gasteiger partial charge is 0.496 e. The summed E-state index contributed by atoms with van der Waals surface area (Å²) in [5.41, 5.74) is 1.45. The van der Waals surface area contributed by atoms with E-state index in [9.17, 15) is 13.7 Å². The molecule has 0 saturated heterocycles. The lowest BCUT2D eigenvalue weighted by molar-refractivity contribution is 0.414. The maximum Gasteiger partial charge on any atom is 0.216 e. The molecule has 0 atom stereocenters. The number of hydrogen-bond donors (Lipinski definition) is 0. The highest BCUT2D eigenvalue weighted by molar-refractivity contribution is 9.10. The van der Waals surface area contributed by atoms with Crippen LogP contribution < -0.4 is 4.74 Å². The molecule has 0 fully saturated rings. The second-order valence-corrected chi connectivity index (χ2v) is 7.66. The number of nitriles is 1. The molecule has 0 amide bonds. The van der Waals surface area contributed by atoms with Crippen LogP contribution in [0.4, 0.5) is 0 Å². The smallest absolute Gasteiger partial charge is 0.216 e. The fourth-order valence-electron chi connectivity index (χ4n) is 1.97. The molecule has 0 heterocycles. The summed E-state index contributed by atoms with van der Waals surface area (Å²) in [6.45, 7) is 1.86. The van der Waals surface area contributed by atoms with Gasteiger partial charge in [0.15, 0.2) is 0 Å². The minimum absolute atomic E-state index is 0.0878. The van der Waals surface area contributed by atoms with Crippen LogP contribution in [-0.2, 0) is 9.84 Å². The van der Waals surface area contributed by atoms with Gasteiger partial charge in [-0.2, -0.15) is 5.26 Å². The minimum atomic E-state index is -3.87. The molecule has 2 aromatic carbocycles. The van der Waals surface area contributed by atoms with E-state index in [2.05, 4.69) is 15.9 Å². The van der Waals surface area contributed by atoms with Crippen LogP contribution in [0, 0.1) is 18.3 Å². The first-order valence-corrected chi connectivity index (χ1v) is 8.93. The molecule has 0 radical (unpaired) electrons. The molecule has 0 N–H and O–H groups in total. The number of aryl methyl sites for hydroxylation is 1. The van der Waals surface area contributed by atoms with Crippen molar-refractivity contribution in [3.05, 3.63) is 63.0 Å². The summed E-state index contributed by atoms with van der Waals surface area (Å²) >= 11 is 3.32. The third-order valence-corrected chi connectivity index (χ3v) is 5.38. The molecule has 4 nitrogen and oxygen atoms in total. The lowest BCUT2D eigenvalue weighted by atomic mass is 10.2. The molecule has 0 aliphatic heterocycles. The summed E-state index contributed by atoms with van der Waals surface area (Å²) in [6.07, 6.45) is 1.32. The van der Waals surface area contributed by atoms with Crippen molar-refractivity contribution in [2.75, 3.05) is 7.11 Å². The van der Waals surface area contributed by atoms with Gasteiger partial charge in [0.05, 0.1) is 12.0 Å². The number of sulfone groups is 1. The van der Waals surface area contributed by atoms with Crippen molar-refractivity contribution in [2.45, 2.75) is 11.8 Å². The SMILES string of the molecule is COc1ccc(Br)cc1C=C(C#N)S(=O)(=O)c1ccc(C)cc1. The van der Waals surface area contributed by atoms with Gasteiger partial charge in [0.2, 0.25) is 9.84 Å². The average Bonchev–Trinajstić information content (AvgIpc) is 2.53. The fourth-order valence-corrected chi connectivity index (χ4v) is 3.50. The number of hydrogen-bond acceptors (Lipinski definition) is 4. The second kappa shape index (κ2) is 6.99. The molecular weight excluding hydrogens is 378 g/mol. The maximum absolute atomic E-state index is 12.6. The zero-order chi connectivity index (χ0) is 17.0. The number of methoxy groups -OCH3 is 1. The summed E-state index contributed by atoms with van der Waals surface area (Å²) in [6, 6.07) is 13.3. The maximum atomic E-state index is 12.6. The first-order chi connectivity index (χ1) is 10.9. The first kappa shape index (κ1) is 17.3. The van der Waals surface area contributed by atoms with Gasteiger partial charge in [-0.15, -0.1) is 0 Å². The topological polar surface area (TPSA) is 67.2 Å². The molecule has 0 bridgehead atoms. The predicted octanol–water partition coefficient (Wildman–Crippen LogP) is 4.10. The minimum Gasteiger partial charge on any atom is -0.496 e. The van der Waals surface area contributed by atoms with E-state index >= 15 is 0 Å². The molecule has 0 spiro atoms. The Hall–Kier alpha value is -2.10. The van der Waals surface area contributed by atoms with E-state index in [-0.39, 0.29) is 9.80 Å². The lowest BCUT2D eigenvalue weighted by Gasteiger charge is -2.07. The van der Waals surface area contributed by atoms with Crippen LogP contribution in [0.1, 0.15) is 11.1 Å². The van der Waals surface area contributed by atoms with E-state index in [1.54, 1.807) is 36.4 Å². The van der Waals surface area contributed by atoms with Gasteiger partial charge < -0.3 is 4.74 Å². The van der Waals surface area contributed by atoms with Gasteiger partial charge in [-0.1, -0.05) is 33.6 Å². The summed E-state index contributed by atoms with van der Waals surface area (Å²) < 4.78 is 31.2. The van der Waals surface area contributed by atoms with Crippen LogP contribution >= 0.6 is 15.9 Å². The number of allylic oxidation sites excluding steroid dienone is 1. The van der Waals surface area contributed by atoms with Crippen molar-refractivity contribution in [2.24, 2.45) is 0 Å². The quantitative estimate of drug-likeness (QED) is 0.735. The van der Waals surface area contributed by atoms with E-state index in [0.717, 1.165) is 10.0 Å². The van der Waals surface area contributed by atoms with E-state index < -0.39 is 9.84 Å². The molecule has 0 aliphatic carbocycles. The van der Waals surface area contributed by atoms with Crippen molar-refractivity contribution in [3.63, 3.8) is 0 Å². The number of halogens is 1. The van der Waals surface area contributed by atoms with Crippen LogP contribution in [0.5, 0.6) is 5.75 Å². The normalized spacial score (nSPS) is 11.8. The van der Waals surface area contributed by atoms with Crippen LogP contribution in [-0.4, -0.2) is 15.5 Å². The zero-order valence-electron chi connectivity index (χ0n) is 12.6. The number of benzene rings is 2. The molecule has 2 rings (SSSR count). The van der Waals surface area contributed by atoms with Crippen LogP contribution in [0.3, 0.4) is 0 Å². The van der Waals surface area contributed by atoms with Gasteiger partial charge in [-0.05, 0) is 43.3 Å². The molecule has 118 valence electrons. The average molecular weight is 392 g/mol. The van der Waals surface area contributed by atoms with Gasteiger partial charge in [-0.3, -0.25) is 0 Å². The Labute approximate surface area is 144 Å². The fraction of sp³-hybridized carbons (Fsp3) is 0.118. The third kappa shape index (κ3) is 3.81. The number of ether oxygens (including phenoxy) is 1. The Morgan fingerprint density at radius 1 is 1.22 bits per heavy atom. The monoisotopic (exact) mass is 391 g/mol. The molecule has 2 aromatic rings. The highest BCUT2D eigenvalue weighted by Gasteiger charge is 2.21. The van der Waals surface area contributed by atoms with Gasteiger partial charge in [-0.25, -0.2) is 8.42 Å². The van der Waals surface area contributed by atoms with Crippen molar-refractivity contribution in [3.8, 4) is 11.8 Å². The Balaban J connectivity index is 2.57. The molecule has 0 saturated carbocycles. The van der Waals surface area contributed by atoms with E-state index in [0.29, 0.717) is 11.3 Å². The van der Waals surface area contributed by atoms with Crippen LogP contribution in [0.2, 0.25) is 0 Å². The van der Waals surface area contributed by atoms with Gasteiger partial charge in [0, 0.05) is 10.0 Å².